The van der Waals surface area contributed by atoms with Gasteiger partial charge in [0.25, 0.3) is 0 Å². The second kappa shape index (κ2) is 5.52. The van der Waals surface area contributed by atoms with Crippen molar-refractivity contribution in [1.29, 1.82) is 0 Å². The van der Waals surface area contributed by atoms with E-state index in [0.29, 0.717) is 13.1 Å². The largest absolute Gasteiger partial charge is 0.350 e. The van der Waals surface area contributed by atoms with Gasteiger partial charge in [-0.05, 0) is 17.7 Å². The van der Waals surface area contributed by atoms with Crippen LogP contribution >= 0.6 is 0 Å². The first-order chi connectivity index (χ1) is 8.97. The van der Waals surface area contributed by atoms with Gasteiger partial charge in [0.2, 0.25) is 15.9 Å². The third-order valence-corrected chi connectivity index (χ3v) is 3.71. The van der Waals surface area contributed by atoms with Crippen LogP contribution in [-0.4, -0.2) is 26.9 Å². The smallest absolute Gasteiger partial charge is 0.241 e. The highest BCUT2D eigenvalue weighted by Crippen LogP contribution is 2.08. The Hall–Kier alpha value is -1.70. The maximum atomic E-state index is 11.7. The molecule has 0 fully saturated rings. The van der Waals surface area contributed by atoms with Crippen molar-refractivity contribution in [3.63, 3.8) is 0 Å². The summed E-state index contributed by atoms with van der Waals surface area (Å²) < 4.78 is 22.2. The molecule has 1 heterocycles. The Kier molecular flexibility index (Phi) is 3.98. The third kappa shape index (κ3) is 3.63. The molecular weight excluding hydrogens is 266 g/mol. The fraction of sp³-hybridized carbons (Fsp3) is 0.250. The van der Waals surface area contributed by atoms with Gasteiger partial charge in [0.15, 0.2) is 0 Å². The molecule has 1 aliphatic heterocycles. The lowest BCUT2D eigenvalue weighted by Gasteiger charge is -2.10. The van der Waals surface area contributed by atoms with E-state index in [1.807, 2.05) is 6.08 Å². The van der Waals surface area contributed by atoms with E-state index in [9.17, 15) is 13.2 Å². The average Bonchev–Trinajstić information content (AvgIpc) is 2.89. The van der Waals surface area contributed by atoms with Crippen LogP contribution in [0.5, 0.6) is 0 Å². The second-order valence-corrected chi connectivity index (χ2v) is 5.78. The Balaban J connectivity index is 1.93. The summed E-state index contributed by atoms with van der Waals surface area (Å²) in [5.41, 5.74) is 0.808. The van der Waals surface area contributed by atoms with Gasteiger partial charge >= 0.3 is 0 Å². The number of nitrogens with two attached hydrogens (primary N) is 1. The quantitative estimate of drug-likeness (QED) is 0.646. The fourth-order valence-electron chi connectivity index (χ4n) is 1.74. The molecule has 1 aliphatic rings. The molecule has 4 N–H and O–H groups in total. The van der Waals surface area contributed by atoms with E-state index in [0.717, 1.165) is 5.56 Å². The first-order valence-corrected chi connectivity index (χ1v) is 7.31. The number of hydrogen-bond acceptors (Lipinski definition) is 4. The number of nitrogens with one attached hydrogen (secondary N) is 2. The number of rotatable bonds is 4. The number of carbonyl (C=O) groups excluding carboxylic acids is 1. The van der Waals surface area contributed by atoms with Gasteiger partial charge in [-0.25, -0.2) is 13.6 Å². The maximum Gasteiger partial charge on any atom is 0.241 e. The zero-order chi connectivity index (χ0) is 13.9. The number of carbonyl (C=O) groups is 1. The minimum atomic E-state index is -3.67. The highest BCUT2D eigenvalue weighted by Gasteiger charge is 2.16. The summed E-state index contributed by atoms with van der Waals surface area (Å²) in [5, 5.41) is 10.8. The molecule has 1 atom stereocenters. The molecule has 1 amide bonds. The Bertz CT molecular complexity index is 593. The lowest BCUT2D eigenvalue weighted by molar-refractivity contribution is -0.122. The zero-order valence-corrected chi connectivity index (χ0v) is 11.0. The number of hydrogen-bond donors (Lipinski definition) is 3. The lowest BCUT2D eigenvalue weighted by Crippen LogP contribution is -2.40. The van der Waals surface area contributed by atoms with Crippen molar-refractivity contribution in [2.45, 2.75) is 17.5 Å². The monoisotopic (exact) mass is 281 g/mol. The van der Waals surface area contributed by atoms with Crippen LogP contribution in [0.4, 0.5) is 0 Å². The van der Waals surface area contributed by atoms with Crippen LogP contribution in [0, 0.1) is 0 Å². The van der Waals surface area contributed by atoms with E-state index in [4.69, 9.17) is 5.14 Å². The Morgan fingerprint density at radius 1 is 1.37 bits per heavy atom. The average molecular weight is 281 g/mol. The lowest BCUT2D eigenvalue weighted by atomic mass is 10.2. The van der Waals surface area contributed by atoms with Crippen LogP contribution in [0.25, 0.3) is 0 Å². The molecular formula is C12H15N3O3S. The summed E-state index contributed by atoms with van der Waals surface area (Å²) in [6.45, 7) is 1.04. The van der Waals surface area contributed by atoms with Gasteiger partial charge < -0.3 is 5.32 Å². The number of primary sulfonamides is 1. The summed E-state index contributed by atoms with van der Waals surface area (Å²) in [5.74, 6) is -0.107. The van der Waals surface area contributed by atoms with E-state index in [-0.39, 0.29) is 16.8 Å². The maximum absolute atomic E-state index is 11.7. The summed E-state index contributed by atoms with van der Waals surface area (Å²) in [6, 6.07) is 5.80. The standard InChI is InChI=1S/C12H15N3O3S/c13-19(17,18)10-5-3-9(4-6-10)8-15-12(16)11-2-1-7-14-11/h1-6,11,14H,7-8H2,(H,15,16)(H2,13,17,18)/t11-/m0/s1. The molecule has 0 aliphatic carbocycles. The molecule has 0 bridgehead atoms. The molecule has 2 rings (SSSR count). The molecule has 102 valence electrons. The van der Waals surface area contributed by atoms with E-state index < -0.39 is 10.0 Å². The Morgan fingerprint density at radius 3 is 2.58 bits per heavy atom. The highest BCUT2D eigenvalue weighted by atomic mass is 32.2. The van der Waals surface area contributed by atoms with Gasteiger partial charge in [-0.1, -0.05) is 24.3 Å². The minimum absolute atomic E-state index is 0.0583. The van der Waals surface area contributed by atoms with Crippen LogP contribution in [-0.2, 0) is 21.4 Å². The molecule has 0 saturated carbocycles. The normalized spacial score (nSPS) is 18.5. The van der Waals surface area contributed by atoms with Crippen LogP contribution in [0.2, 0.25) is 0 Å². The van der Waals surface area contributed by atoms with Gasteiger partial charge in [0, 0.05) is 13.1 Å². The van der Waals surface area contributed by atoms with Crippen LogP contribution in [0.15, 0.2) is 41.3 Å². The molecule has 0 radical (unpaired) electrons. The predicted molar refractivity (Wildman–Crippen MR) is 70.6 cm³/mol. The van der Waals surface area contributed by atoms with Gasteiger partial charge in [0.1, 0.15) is 6.04 Å². The van der Waals surface area contributed by atoms with Crippen LogP contribution in [0.1, 0.15) is 5.56 Å². The first-order valence-electron chi connectivity index (χ1n) is 5.76. The van der Waals surface area contributed by atoms with Crippen molar-refractivity contribution in [3.8, 4) is 0 Å². The summed E-state index contributed by atoms with van der Waals surface area (Å²) in [4.78, 5) is 11.8. The van der Waals surface area contributed by atoms with Crippen LogP contribution < -0.4 is 15.8 Å². The van der Waals surface area contributed by atoms with Crippen LogP contribution in [0.3, 0.4) is 0 Å². The number of sulfonamides is 1. The minimum Gasteiger partial charge on any atom is -0.350 e. The molecule has 1 aromatic rings. The van der Waals surface area contributed by atoms with Crippen molar-refractivity contribution in [2.75, 3.05) is 6.54 Å². The predicted octanol–water partition coefficient (Wildman–Crippen LogP) is -0.522. The molecule has 7 heteroatoms. The summed E-state index contributed by atoms with van der Waals surface area (Å²) in [6.07, 6.45) is 3.70. The van der Waals surface area contributed by atoms with E-state index >= 15 is 0 Å². The van der Waals surface area contributed by atoms with Crippen molar-refractivity contribution in [2.24, 2.45) is 5.14 Å². The summed E-state index contributed by atoms with van der Waals surface area (Å²) in [7, 11) is -3.67. The van der Waals surface area contributed by atoms with Gasteiger partial charge in [-0.3, -0.25) is 10.1 Å². The topological polar surface area (TPSA) is 101 Å². The second-order valence-electron chi connectivity index (χ2n) is 4.22. The molecule has 6 nitrogen and oxygen atoms in total. The molecule has 0 unspecified atom stereocenters. The van der Waals surface area contributed by atoms with Gasteiger partial charge in [-0.2, -0.15) is 0 Å². The number of benzene rings is 1. The van der Waals surface area contributed by atoms with E-state index in [1.54, 1.807) is 18.2 Å². The Labute approximate surface area is 111 Å². The van der Waals surface area contributed by atoms with Crippen molar-refractivity contribution in [3.05, 3.63) is 42.0 Å². The van der Waals surface area contributed by atoms with E-state index in [2.05, 4.69) is 10.6 Å². The zero-order valence-electron chi connectivity index (χ0n) is 10.2. The van der Waals surface area contributed by atoms with Gasteiger partial charge in [0.05, 0.1) is 4.90 Å². The van der Waals surface area contributed by atoms with Crippen molar-refractivity contribution < 1.29 is 13.2 Å². The molecule has 0 aromatic heterocycles. The van der Waals surface area contributed by atoms with Gasteiger partial charge in [-0.15, -0.1) is 0 Å². The van der Waals surface area contributed by atoms with Crippen molar-refractivity contribution >= 4 is 15.9 Å². The first kappa shape index (κ1) is 13.7. The molecule has 0 spiro atoms. The molecule has 1 aromatic carbocycles. The molecule has 19 heavy (non-hydrogen) atoms. The number of amides is 1. The van der Waals surface area contributed by atoms with Crippen molar-refractivity contribution in [1.82, 2.24) is 10.6 Å². The van der Waals surface area contributed by atoms with E-state index in [1.165, 1.54) is 12.1 Å². The fourth-order valence-corrected chi connectivity index (χ4v) is 2.26. The SMILES string of the molecule is NS(=O)(=O)c1ccc(CNC(=O)[C@@H]2C=CCN2)cc1. The third-order valence-electron chi connectivity index (χ3n) is 2.79. The highest BCUT2D eigenvalue weighted by molar-refractivity contribution is 7.89. The molecule has 0 saturated heterocycles. The summed E-state index contributed by atoms with van der Waals surface area (Å²) >= 11 is 0. The Morgan fingerprint density at radius 2 is 2.05 bits per heavy atom.